The normalized spacial score (nSPS) is 19.0. The van der Waals surface area contributed by atoms with Crippen LogP contribution in [-0.2, 0) is 21.4 Å². The van der Waals surface area contributed by atoms with E-state index in [1.165, 1.54) is 16.4 Å². The van der Waals surface area contributed by atoms with Gasteiger partial charge in [-0.15, -0.1) is 0 Å². The zero-order valence-electron chi connectivity index (χ0n) is 13.6. The van der Waals surface area contributed by atoms with E-state index in [0.29, 0.717) is 29.7 Å². The smallest absolute Gasteiger partial charge is 0.243 e. The molecule has 1 heterocycles. The molecule has 2 aromatic rings. The lowest BCUT2D eigenvalue weighted by Crippen LogP contribution is -2.43. The Bertz CT molecular complexity index is 824. The first-order valence-electron chi connectivity index (χ1n) is 8.07. The van der Waals surface area contributed by atoms with Gasteiger partial charge in [0.25, 0.3) is 0 Å². The van der Waals surface area contributed by atoms with Crippen molar-refractivity contribution in [3.8, 4) is 0 Å². The molecule has 0 spiro atoms. The average molecular weight is 400 g/mol. The van der Waals surface area contributed by atoms with Gasteiger partial charge in [-0.25, -0.2) is 8.42 Å². The highest BCUT2D eigenvalue weighted by atomic mass is 35.5. The SMILES string of the molecule is O=S(=O)(c1ccc(Cl)cc1)N1CCC[C@H](OCc2cccc(Cl)c2)C1. The highest BCUT2D eigenvalue weighted by molar-refractivity contribution is 7.89. The Balaban J connectivity index is 1.65. The minimum atomic E-state index is -3.53. The third-order valence-electron chi connectivity index (χ3n) is 4.17. The third kappa shape index (κ3) is 4.74. The molecule has 0 N–H and O–H groups in total. The number of hydrogen-bond acceptors (Lipinski definition) is 3. The minimum absolute atomic E-state index is 0.130. The zero-order chi connectivity index (χ0) is 17.9. The Morgan fingerprint density at radius 1 is 1.08 bits per heavy atom. The van der Waals surface area contributed by atoms with Gasteiger partial charge in [-0.05, 0) is 54.8 Å². The molecule has 0 bridgehead atoms. The van der Waals surface area contributed by atoms with Crippen LogP contribution in [0, 0.1) is 0 Å². The van der Waals surface area contributed by atoms with Gasteiger partial charge in [0.05, 0.1) is 17.6 Å². The number of hydrogen-bond donors (Lipinski definition) is 0. The minimum Gasteiger partial charge on any atom is -0.372 e. The van der Waals surface area contributed by atoms with E-state index >= 15 is 0 Å². The molecule has 0 unspecified atom stereocenters. The Kier molecular flexibility index (Phi) is 6.02. The first-order valence-corrected chi connectivity index (χ1v) is 10.3. The third-order valence-corrected chi connectivity index (χ3v) is 6.53. The van der Waals surface area contributed by atoms with Crippen LogP contribution in [0.25, 0.3) is 0 Å². The number of benzene rings is 2. The van der Waals surface area contributed by atoms with Crippen molar-refractivity contribution in [1.29, 1.82) is 0 Å². The van der Waals surface area contributed by atoms with Crippen molar-refractivity contribution in [1.82, 2.24) is 4.31 Å². The second-order valence-electron chi connectivity index (χ2n) is 6.02. The molecule has 7 heteroatoms. The van der Waals surface area contributed by atoms with Crippen molar-refractivity contribution in [2.24, 2.45) is 0 Å². The quantitative estimate of drug-likeness (QED) is 0.749. The van der Waals surface area contributed by atoms with Gasteiger partial charge < -0.3 is 4.74 Å². The summed E-state index contributed by atoms with van der Waals surface area (Å²) in [5.41, 5.74) is 0.977. The number of piperidine rings is 1. The molecule has 0 aromatic heterocycles. The first kappa shape index (κ1) is 18.7. The van der Waals surface area contributed by atoms with Crippen LogP contribution in [0.4, 0.5) is 0 Å². The number of halogens is 2. The van der Waals surface area contributed by atoms with E-state index in [2.05, 4.69) is 0 Å². The zero-order valence-corrected chi connectivity index (χ0v) is 15.9. The molecule has 3 rings (SSSR count). The van der Waals surface area contributed by atoms with Crippen molar-refractivity contribution < 1.29 is 13.2 Å². The predicted octanol–water partition coefficient (Wildman–Crippen LogP) is 4.36. The maximum atomic E-state index is 12.8. The van der Waals surface area contributed by atoms with Crippen molar-refractivity contribution >= 4 is 33.2 Å². The van der Waals surface area contributed by atoms with Gasteiger partial charge in [-0.2, -0.15) is 4.31 Å². The summed E-state index contributed by atoms with van der Waals surface area (Å²) < 4.78 is 33.0. The van der Waals surface area contributed by atoms with E-state index in [9.17, 15) is 8.42 Å². The Morgan fingerprint density at radius 2 is 1.84 bits per heavy atom. The average Bonchev–Trinajstić information content (AvgIpc) is 2.61. The maximum Gasteiger partial charge on any atom is 0.243 e. The number of rotatable bonds is 5. The summed E-state index contributed by atoms with van der Waals surface area (Å²) in [5, 5.41) is 1.18. The Hall–Kier alpha value is -1.11. The lowest BCUT2D eigenvalue weighted by atomic mass is 10.1. The van der Waals surface area contributed by atoms with Gasteiger partial charge in [0, 0.05) is 23.1 Å². The molecule has 1 aliphatic rings. The molecular formula is C18H19Cl2NO3S. The van der Waals surface area contributed by atoms with E-state index in [-0.39, 0.29) is 11.0 Å². The standard InChI is InChI=1S/C18H19Cl2NO3S/c19-15-6-8-18(9-7-15)25(22,23)21-10-2-5-17(12-21)24-13-14-3-1-4-16(20)11-14/h1,3-4,6-9,11,17H,2,5,10,12-13H2/t17-/m0/s1. The monoisotopic (exact) mass is 399 g/mol. The fourth-order valence-corrected chi connectivity index (χ4v) is 4.70. The summed E-state index contributed by atoms with van der Waals surface area (Å²) >= 11 is 11.8. The molecule has 0 amide bonds. The summed E-state index contributed by atoms with van der Waals surface area (Å²) in [6.07, 6.45) is 1.48. The van der Waals surface area contributed by atoms with Crippen molar-refractivity contribution in [2.45, 2.75) is 30.4 Å². The van der Waals surface area contributed by atoms with Crippen LogP contribution in [0.15, 0.2) is 53.4 Å². The molecule has 2 aromatic carbocycles. The van der Waals surface area contributed by atoms with Gasteiger partial charge in [-0.1, -0.05) is 35.3 Å². The highest BCUT2D eigenvalue weighted by Gasteiger charge is 2.30. The van der Waals surface area contributed by atoms with Crippen LogP contribution in [0.3, 0.4) is 0 Å². The van der Waals surface area contributed by atoms with E-state index in [4.69, 9.17) is 27.9 Å². The van der Waals surface area contributed by atoms with Crippen LogP contribution in [0.2, 0.25) is 10.0 Å². The molecule has 1 atom stereocenters. The number of ether oxygens (including phenoxy) is 1. The molecule has 134 valence electrons. The van der Waals surface area contributed by atoms with Crippen LogP contribution >= 0.6 is 23.2 Å². The molecule has 1 fully saturated rings. The van der Waals surface area contributed by atoms with E-state index in [1.807, 2.05) is 24.3 Å². The molecule has 0 radical (unpaired) electrons. The van der Waals surface area contributed by atoms with E-state index in [1.54, 1.807) is 12.1 Å². The van der Waals surface area contributed by atoms with Crippen LogP contribution < -0.4 is 0 Å². The molecular weight excluding hydrogens is 381 g/mol. The molecule has 25 heavy (non-hydrogen) atoms. The molecule has 0 saturated carbocycles. The van der Waals surface area contributed by atoms with Crippen LogP contribution in [-0.4, -0.2) is 31.9 Å². The van der Waals surface area contributed by atoms with Crippen molar-refractivity contribution in [3.05, 3.63) is 64.1 Å². The summed E-state index contributed by atoms with van der Waals surface area (Å²) in [7, 11) is -3.53. The van der Waals surface area contributed by atoms with Gasteiger partial charge in [0.2, 0.25) is 10.0 Å². The van der Waals surface area contributed by atoms with E-state index < -0.39 is 10.0 Å². The second kappa shape index (κ2) is 8.06. The number of sulfonamides is 1. The fraction of sp³-hybridized carbons (Fsp3) is 0.333. The topological polar surface area (TPSA) is 46.6 Å². The van der Waals surface area contributed by atoms with E-state index in [0.717, 1.165) is 18.4 Å². The summed E-state index contributed by atoms with van der Waals surface area (Å²) in [6.45, 7) is 1.27. The lowest BCUT2D eigenvalue weighted by Gasteiger charge is -2.32. The number of nitrogens with zero attached hydrogens (tertiary/aromatic N) is 1. The van der Waals surface area contributed by atoms with Crippen LogP contribution in [0.5, 0.6) is 0 Å². The lowest BCUT2D eigenvalue weighted by molar-refractivity contribution is 0.00811. The van der Waals surface area contributed by atoms with Crippen LogP contribution in [0.1, 0.15) is 18.4 Å². The maximum absolute atomic E-state index is 12.8. The van der Waals surface area contributed by atoms with Gasteiger partial charge in [0.15, 0.2) is 0 Å². The summed E-state index contributed by atoms with van der Waals surface area (Å²) in [6, 6.07) is 13.7. The van der Waals surface area contributed by atoms with Crippen molar-refractivity contribution in [2.75, 3.05) is 13.1 Å². The van der Waals surface area contributed by atoms with Gasteiger partial charge in [0.1, 0.15) is 0 Å². The molecule has 0 aliphatic carbocycles. The fourth-order valence-electron chi connectivity index (χ4n) is 2.86. The second-order valence-corrected chi connectivity index (χ2v) is 8.83. The van der Waals surface area contributed by atoms with Gasteiger partial charge >= 0.3 is 0 Å². The largest absolute Gasteiger partial charge is 0.372 e. The molecule has 1 aliphatic heterocycles. The molecule has 4 nitrogen and oxygen atoms in total. The highest BCUT2D eigenvalue weighted by Crippen LogP contribution is 2.24. The Morgan fingerprint density at radius 3 is 2.56 bits per heavy atom. The summed E-state index contributed by atoms with van der Waals surface area (Å²) in [5.74, 6) is 0. The Labute approximate surface area is 158 Å². The predicted molar refractivity (Wildman–Crippen MR) is 99.5 cm³/mol. The molecule has 1 saturated heterocycles. The first-order chi connectivity index (χ1) is 11.9. The summed E-state index contributed by atoms with van der Waals surface area (Å²) in [4.78, 5) is 0.257. The van der Waals surface area contributed by atoms with Gasteiger partial charge in [-0.3, -0.25) is 0 Å². The van der Waals surface area contributed by atoms with Crippen molar-refractivity contribution in [3.63, 3.8) is 0 Å².